The van der Waals surface area contributed by atoms with Crippen molar-refractivity contribution in [3.8, 4) is 11.5 Å². The van der Waals surface area contributed by atoms with E-state index in [1.165, 1.54) is 0 Å². The molecule has 0 bridgehead atoms. The SMILES string of the molecule is C=C(C)COc1ccc(/C=C2\N=C(c3ccc(I)cc3)OC2=O)cc1OCC. The second kappa shape index (κ2) is 9.05. The maximum absolute atomic E-state index is 12.2. The molecule has 144 valence electrons. The summed E-state index contributed by atoms with van der Waals surface area (Å²) in [6.07, 6.45) is 1.67. The third-order valence-corrected chi connectivity index (χ3v) is 4.48. The zero-order valence-electron chi connectivity index (χ0n) is 15.7. The lowest BCUT2D eigenvalue weighted by atomic mass is 10.1. The first-order valence-electron chi connectivity index (χ1n) is 8.79. The van der Waals surface area contributed by atoms with Crippen LogP contribution < -0.4 is 9.47 Å². The topological polar surface area (TPSA) is 57.1 Å². The molecular weight excluding hydrogens is 469 g/mol. The molecule has 0 spiro atoms. The van der Waals surface area contributed by atoms with Gasteiger partial charge in [-0.25, -0.2) is 9.79 Å². The quantitative estimate of drug-likeness (QED) is 0.238. The Morgan fingerprint density at radius 2 is 1.93 bits per heavy atom. The van der Waals surface area contributed by atoms with E-state index < -0.39 is 5.97 Å². The number of esters is 1. The zero-order chi connectivity index (χ0) is 20.1. The lowest BCUT2D eigenvalue weighted by molar-refractivity contribution is -0.129. The summed E-state index contributed by atoms with van der Waals surface area (Å²) in [7, 11) is 0. The summed E-state index contributed by atoms with van der Waals surface area (Å²) < 4.78 is 17.8. The van der Waals surface area contributed by atoms with Gasteiger partial charge in [0.15, 0.2) is 17.2 Å². The van der Waals surface area contributed by atoms with Gasteiger partial charge < -0.3 is 14.2 Å². The minimum Gasteiger partial charge on any atom is -0.490 e. The van der Waals surface area contributed by atoms with Gasteiger partial charge in [-0.3, -0.25) is 0 Å². The fourth-order valence-electron chi connectivity index (χ4n) is 2.49. The van der Waals surface area contributed by atoms with Crippen molar-refractivity contribution in [2.45, 2.75) is 13.8 Å². The Morgan fingerprint density at radius 3 is 2.61 bits per heavy atom. The summed E-state index contributed by atoms with van der Waals surface area (Å²) in [5.41, 5.74) is 2.69. The predicted molar refractivity (Wildman–Crippen MR) is 118 cm³/mol. The maximum atomic E-state index is 12.2. The fraction of sp³-hybridized carbons (Fsp3) is 0.182. The van der Waals surface area contributed by atoms with E-state index in [2.05, 4.69) is 34.2 Å². The molecule has 0 unspecified atom stereocenters. The summed E-state index contributed by atoms with van der Waals surface area (Å²) >= 11 is 2.22. The first-order valence-corrected chi connectivity index (χ1v) is 9.86. The van der Waals surface area contributed by atoms with Crippen molar-refractivity contribution in [3.63, 3.8) is 0 Å². The lowest BCUT2D eigenvalue weighted by Crippen LogP contribution is -2.05. The molecule has 2 aromatic rings. The van der Waals surface area contributed by atoms with Gasteiger partial charge in [0, 0.05) is 9.13 Å². The number of benzene rings is 2. The number of nitrogens with zero attached hydrogens (tertiary/aromatic N) is 1. The second-order valence-corrected chi connectivity index (χ2v) is 7.47. The normalized spacial score (nSPS) is 14.6. The molecule has 1 aliphatic heterocycles. The van der Waals surface area contributed by atoms with Gasteiger partial charge in [-0.05, 0) is 90.0 Å². The summed E-state index contributed by atoms with van der Waals surface area (Å²) in [5, 5.41) is 0. The minimum atomic E-state index is -0.478. The highest BCUT2D eigenvalue weighted by molar-refractivity contribution is 14.1. The number of halogens is 1. The van der Waals surface area contributed by atoms with Crippen LogP contribution in [0.3, 0.4) is 0 Å². The molecule has 2 aromatic carbocycles. The Labute approximate surface area is 177 Å². The Hall–Kier alpha value is -2.61. The molecule has 0 radical (unpaired) electrons. The van der Waals surface area contributed by atoms with Crippen molar-refractivity contribution < 1.29 is 19.0 Å². The van der Waals surface area contributed by atoms with Crippen molar-refractivity contribution >= 4 is 40.5 Å². The smallest absolute Gasteiger partial charge is 0.363 e. The molecule has 0 fully saturated rings. The van der Waals surface area contributed by atoms with E-state index in [9.17, 15) is 4.79 Å². The van der Waals surface area contributed by atoms with Crippen LogP contribution in [0.2, 0.25) is 0 Å². The van der Waals surface area contributed by atoms with Crippen LogP contribution in [0.1, 0.15) is 25.0 Å². The van der Waals surface area contributed by atoms with Crippen LogP contribution in [0, 0.1) is 3.57 Å². The highest BCUT2D eigenvalue weighted by Gasteiger charge is 2.24. The van der Waals surface area contributed by atoms with Gasteiger partial charge in [-0.2, -0.15) is 0 Å². The first kappa shape index (κ1) is 20.1. The van der Waals surface area contributed by atoms with Gasteiger partial charge in [0.05, 0.1) is 6.61 Å². The van der Waals surface area contributed by atoms with E-state index in [1.807, 2.05) is 56.3 Å². The maximum Gasteiger partial charge on any atom is 0.363 e. The van der Waals surface area contributed by atoms with Crippen molar-refractivity contribution in [2.24, 2.45) is 4.99 Å². The van der Waals surface area contributed by atoms with Gasteiger partial charge in [0.2, 0.25) is 5.90 Å². The first-order chi connectivity index (χ1) is 13.5. The lowest BCUT2D eigenvalue weighted by Gasteiger charge is -2.12. The molecule has 0 amide bonds. The molecule has 1 heterocycles. The molecular formula is C22H20INO4. The van der Waals surface area contributed by atoms with E-state index in [0.717, 1.165) is 20.3 Å². The van der Waals surface area contributed by atoms with E-state index in [0.29, 0.717) is 30.6 Å². The monoisotopic (exact) mass is 489 g/mol. The van der Waals surface area contributed by atoms with Gasteiger partial charge >= 0.3 is 5.97 Å². The number of rotatable bonds is 7. The number of hydrogen-bond acceptors (Lipinski definition) is 5. The van der Waals surface area contributed by atoms with Crippen molar-refractivity contribution in [3.05, 3.63) is 75.0 Å². The number of carbonyl (C=O) groups excluding carboxylic acids is 1. The molecule has 0 N–H and O–H groups in total. The van der Waals surface area contributed by atoms with E-state index in [-0.39, 0.29) is 5.70 Å². The van der Waals surface area contributed by atoms with Crippen LogP contribution in [0.15, 0.2) is 65.3 Å². The molecule has 28 heavy (non-hydrogen) atoms. The molecule has 0 aliphatic carbocycles. The van der Waals surface area contributed by atoms with Gasteiger partial charge in [0.1, 0.15) is 6.61 Å². The van der Waals surface area contributed by atoms with E-state index in [4.69, 9.17) is 14.2 Å². The van der Waals surface area contributed by atoms with Crippen LogP contribution in [0.5, 0.6) is 11.5 Å². The number of cyclic esters (lactones) is 1. The Kier molecular flexibility index (Phi) is 6.51. The second-order valence-electron chi connectivity index (χ2n) is 6.23. The van der Waals surface area contributed by atoms with Gasteiger partial charge in [-0.15, -0.1) is 0 Å². The number of hydrogen-bond donors (Lipinski definition) is 0. The van der Waals surface area contributed by atoms with E-state index in [1.54, 1.807) is 6.08 Å². The predicted octanol–water partition coefficient (Wildman–Crippen LogP) is 4.99. The third-order valence-electron chi connectivity index (χ3n) is 3.76. The van der Waals surface area contributed by atoms with Crippen LogP contribution in [-0.4, -0.2) is 25.1 Å². The molecule has 1 aliphatic rings. The van der Waals surface area contributed by atoms with Crippen LogP contribution in [-0.2, 0) is 9.53 Å². The molecule has 5 nitrogen and oxygen atoms in total. The average Bonchev–Trinajstić information content (AvgIpc) is 3.02. The van der Waals surface area contributed by atoms with Crippen molar-refractivity contribution in [1.29, 1.82) is 0 Å². The summed E-state index contributed by atoms with van der Waals surface area (Å²) in [4.78, 5) is 16.6. The van der Waals surface area contributed by atoms with Gasteiger partial charge in [-0.1, -0.05) is 12.6 Å². The minimum absolute atomic E-state index is 0.242. The van der Waals surface area contributed by atoms with Crippen LogP contribution in [0.4, 0.5) is 0 Å². The summed E-state index contributed by atoms with van der Waals surface area (Å²) in [5.74, 6) is 1.06. The molecule has 0 saturated heterocycles. The van der Waals surface area contributed by atoms with Gasteiger partial charge in [0.25, 0.3) is 0 Å². The Balaban J connectivity index is 1.87. The molecule has 3 rings (SSSR count). The number of ether oxygens (including phenoxy) is 3. The highest BCUT2D eigenvalue weighted by Crippen LogP contribution is 2.30. The number of aliphatic imine (C=N–C) groups is 1. The standard InChI is InChI=1S/C22H20INO4/c1-4-26-20-12-15(5-10-19(20)27-13-14(2)3)11-18-22(25)28-21(24-18)16-6-8-17(23)9-7-16/h5-12H,2,4,13H2,1,3H3/b18-11-. The zero-order valence-corrected chi connectivity index (χ0v) is 17.9. The Morgan fingerprint density at radius 1 is 1.18 bits per heavy atom. The largest absolute Gasteiger partial charge is 0.490 e. The van der Waals surface area contributed by atoms with E-state index >= 15 is 0 Å². The van der Waals surface area contributed by atoms with Crippen LogP contribution in [0.25, 0.3) is 6.08 Å². The van der Waals surface area contributed by atoms with Crippen LogP contribution >= 0.6 is 22.6 Å². The molecule has 0 saturated carbocycles. The summed E-state index contributed by atoms with van der Waals surface area (Å²) in [6.45, 7) is 8.55. The molecule has 6 heteroatoms. The molecule has 0 aromatic heterocycles. The summed E-state index contributed by atoms with van der Waals surface area (Å²) in [6, 6.07) is 13.1. The number of carbonyl (C=O) groups is 1. The Bertz CT molecular complexity index is 961. The fourth-order valence-corrected chi connectivity index (χ4v) is 2.85. The van der Waals surface area contributed by atoms with Crippen molar-refractivity contribution in [1.82, 2.24) is 0 Å². The molecule has 0 atom stereocenters. The van der Waals surface area contributed by atoms with Crippen molar-refractivity contribution in [2.75, 3.05) is 13.2 Å². The third kappa shape index (κ3) is 5.01. The highest BCUT2D eigenvalue weighted by atomic mass is 127. The average molecular weight is 489 g/mol.